The standard InChI is InChI=1S/C14H10F3N3O3/c1-8-6-12(18-7-11(8)20(22)23)19-13(21)9-4-2-3-5-10(9)14(15,16)17/h2-7H,1H3,(H,18,19,21). The van der Waals surface area contributed by atoms with E-state index in [0.717, 1.165) is 18.3 Å². The van der Waals surface area contributed by atoms with Crippen molar-refractivity contribution in [2.24, 2.45) is 0 Å². The second-order valence-electron chi connectivity index (χ2n) is 4.61. The Morgan fingerprint density at radius 2 is 1.96 bits per heavy atom. The first-order valence-corrected chi connectivity index (χ1v) is 6.29. The zero-order valence-corrected chi connectivity index (χ0v) is 11.7. The number of rotatable bonds is 3. The van der Waals surface area contributed by atoms with Crippen LogP contribution in [0.15, 0.2) is 36.5 Å². The molecule has 9 heteroatoms. The average molecular weight is 325 g/mol. The van der Waals surface area contributed by atoms with Gasteiger partial charge >= 0.3 is 6.18 Å². The van der Waals surface area contributed by atoms with Gasteiger partial charge in [0.15, 0.2) is 0 Å². The number of nitro groups is 1. The topological polar surface area (TPSA) is 85.1 Å². The lowest BCUT2D eigenvalue weighted by Crippen LogP contribution is -2.19. The molecule has 120 valence electrons. The van der Waals surface area contributed by atoms with Gasteiger partial charge in [-0.05, 0) is 25.1 Å². The molecular weight excluding hydrogens is 315 g/mol. The number of anilines is 1. The van der Waals surface area contributed by atoms with Crippen LogP contribution >= 0.6 is 0 Å². The fraction of sp³-hybridized carbons (Fsp3) is 0.143. The molecule has 0 radical (unpaired) electrons. The highest BCUT2D eigenvalue weighted by Crippen LogP contribution is 2.32. The summed E-state index contributed by atoms with van der Waals surface area (Å²) in [6, 6.07) is 5.53. The Balaban J connectivity index is 2.30. The molecule has 1 amide bonds. The minimum absolute atomic E-state index is 0.0740. The number of pyridine rings is 1. The zero-order valence-electron chi connectivity index (χ0n) is 11.7. The lowest BCUT2D eigenvalue weighted by atomic mass is 10.1. The van der Waals surface area contributed by atoms with Crippen LogP contribution in [0.4, 0.5) is 24.7 Å². The van der Waals surface area contributed by atoms with E-state index in [0.29, 0.717) is 0 Å². The Bertz CT molecular complexity index is 775. The highest BCUT2D eigenvalue weighted by atomic mass is 19.4. The predicted octanol–water partition coefficient (Wildman–Crippen LogP) is 3.57. The van der Waals surface area contributed by atoms with Crippen LogP contribution in [-0.4, -0.2) is 15.8 Å². The molecule has 2 rings (SSSR count). The van der Waals surface area contributed by atoms with Crippen LogP contribution in [-0.2, 0) is 6.18 Å². The Hall–Kier alpha value is -2.97. The fourth-order valence-electron chi connectivity index (χ4n) is 1.92. The van der Waals surface area contributed by atoms with Gasteiger partial charge in [-0.15, -0.1) is 0 Å². The van der Waals surface area contributed by atoms with E-state index >= 15 is 0 Å². The molecule has 1 N–H and O–H groups in total. The van der Waals surface area contributed by atoms with Gasteiger partial charge in [0, 0.05) is 5.56 Å². The number of hydrogen-bond acceptors (Lipinski definition) is 4. The van der Waals surface area contributed by atoms with Crippen LogP contribution in [0.25, 0.3) is 0 Å². The third-order valence-corrected chi connectivity index (χ3v) is 3.00. The number of carbonyl (C=O) groups is 1. The van der Waals surface area contributed by atoms with Gasteiger partial charge < -0.3 is 5.32 Å². The summed E-state index contributed by atoms with van der Waals surface area (Å²) in [4.78, 5) is 25.7. The molecular formula is C14H10F3N3O3. The quantitative estimate of drug-likeness (QED) is 0.690. The van der Waals surface area contributed by atoms with E-state index in [1.165, 1.54) is 25.1 Å². The number of benzene rings is 1. The first-order chi connectivity index (χ1) is 10.7. The van der Waals surface area contributed by atoms with Crippen molar-refractivity contribution in [1.29, 1.82) is 0 Å². The molecule has 0 aliphatic rings. The number of halogens is 3. The van der Waals surface area contributed by atoms with Gasteiger partial charge in [0.05, 0.1) is 16.1 Å². The van der Waals surface area contributed by atoms with E-state index in [-0.39, 0.29) is 17.1 Å². The third-order valence-electron chi connectivity index (χ3n) is 3.00. The van der Waals surface area contributed by atoms with Gasteiger partial charge in [-0.2, -0.15) is 13.2 Å². The van der Waals surface area contributed by atoms with Gasteiger partial charge in [0.25, 0.3) is 11.6 Å². The Labute approximate surface area is 128 Å². The second-order valence-corrected chi connectivity index (χ2v) is 4.61. The maximum Gasteiger partial charge on any atom is 0.417 e. The van der Waals surface area contributed by atoms with Crippen molar-refractivity contribution in [2.45, 2.75) is 13.1 Å². The number of nitrogens with zero attached hydrogens (tertiary/aromatic N) is 2. The second kappa shape index (κ2) is 6.03. The molecule has 0 fully saturated rings. The van der Waals surface area contributed by atoms with Crippen LogP contribution in [0.1, 0.15) is 21.5 Å². The minimum Gasteiger partial charge on any atom is -0.307 e. The largest absolute Gasteiger partial charge is 0.417 e. The Morgan fingerprint density at radius 3 is 2.52 bits per heavy atom. The van der Waals surface area contributed by atoms with Crippen molar-refractivity contribution in [2.75, 3.05) is 5.32 Å². The molecule has 1 heterocycles. The normalized spacial score (nSPS) is 11.1. The lowest BCUT2D eigenvalue weighted by Gasteiger charge is -2.12. The average Bonchev–Trinajstić information content (AvgIpc) is 2.46. The van der Waals surface area contributed by atoms with Gasteiger partial charge in [0.1, 0.15) is 12.0 Å². The molecule has 0 spiro atoms. The van der Waals surface area contributed by atoms with Crippen molar-refractivity contribution >= 4 is 17.4 Å². The molecule has 1 aromatic heterocycles. The van der Waals surface area contributed by atoms with Gasteiger partial charge in [-0.25, -0.2) is 4.98 Å². The van der Waals surface area contributed by atoms with Crippen molar-refractivity contribution in [3.63, 3.8) is 0 Å². The third kappa shape index (κ3) is 3.62. The van der Waals surface area contributed by atoms with Gasteiger partial charge in [-0.3, -0.25) is 14.9 Å². The summed E-state index contributed by atoms with van der Waals surface area (Å²) in [6.07, 6.45) is -3.74. The monoisotopic (exact) mass is 325 g/mol. The van der Waals surface area contributed by atoms with E-state index in [4.69, 9.17) is 0 Å². The number of aryl methyl sites for hydroxylation is 1. The summed E-state index contributed by atoms with van der Waals surface area (Å²) in [6.45, 7) is 1.43. The van der Waals surface area contributed by atoms with Crippen LogP contribution in [0.5, 0.6) is 0 Å². The summed E-state index contributed by atoms with van der Waals surface area (Å²) in [5.74, 6) is -1.08. The number of carbonyl (C=O) groups excluding carboxylic acids is 1. The van der Waals surface area contributed by atoms with Crippen molar-refractivity contribution in [3.8, 4) is 0 Å². The summed E-state index contributed by atoms with van der Waals surface area (Å²) < 4.78 is 38.6. The molecule has 6 nitrogen and oxygen atoms in total. The number of aromatic nitrogens is 1. The summed E-state index contributed by atoms with van der Waals surface area (Å²) >= 11 is 0. The minimum atomic E-state index is -4.67. The van der Waals surface area contributed by atoms with E-state index in [1.54, 1.807) is 0 Å². The van der Waals surface area contributed by atoms with Crippen molar-refractivity contribution < 1.29 is 22.9 Å². The molecule has 0 aliphatic carbocycles. The highest BCUT2D eigenvalue weighted by molar-refractivity contribution is 6.05. The first-order valence-electron chi connectivity index (χ1n) is 6.29. The van der Waals surface area contributed by atoms with E-state index in [2.05, 4.69) is 10.3 Å². The molecule has 0 bridgehead atoms. The molecule has 0 saturated carbocycles. The van der Waals surface area contributed by atoms with Gasteiger partial charge in [-0.1, -0.05) is 12.1 Å². The molecule has 1 aromatic carbocycles. The highest BCUT2D eigenvalue weighted by Gasteiger charge is 2.34. The maximum absolute atomic E-state index is 12.9. The zero-order chi connectivity index (χ0) is 17.2. The van der Waals surface area contributed by atoms with Crippen LogP contribution in [0.2, 0.25) is 0 Å². The Kier molecular flexibility index (Phi) is 4.30. The SMILES string of the molecule is Cc1cc(NC(=O)c2ccccc2C(F)(F)F)ncc1[N+](=O)[O-]. The van der Waals surface area contributed by atoms with Crippen molar-refractivity contribution in [3.05, 3.63) is 63.3 Å². The van der Waals surface area contributed by atoms with Gasteiger partial charge in [0.2, 0.25) is 0 Å². The summed E-state index contributed by atoms with van der Waals surface area (Å²) in [5.41, 5.74) is -1.66. The van der Waals surface area contributed by atoms with E-state index in [9.17, 15) is 28.1 Å². The number of amides is 1. The predicted molar refractivity (Wildman–Crippen MR) is 75.0 cm³/mol. The van der Waals surface area contributed by atoms with E-state index < -0.39 is 28.1 Å². The maximum atomic E-state index is 12.9. The van der Waals surface area contributed by atoms with Crippen molar-refractivity contribution in [1.82, 2.24) is 4.98 Å². The van der Waals surface area contributed by atoms with Crippen LogP contribution < -0.4 is 5.32 Å². The first kappa shape index (κ1) is 16.4. The fourth-order valence-corrected chi connectivity index (χ4v) is 1.92. The number of hydrogen-bond donors (Lipinski definition) is 1. The van der Waals surface area contributed by atoms with E-state index in [1.807, 2.05) is 0 Å². The molecule has 23 heavy (non-hydrogen) atoms. The lowest BCUT2D eigenvalue weighted by molar-refractivity contribution is -0.385. The summed E-state index contributed by atoms with van der Waals surface area (Å²) in [7, 11) is 0. The Morgan fingerprint density at radius 1 is 1.30 bits per heavy atom. The number of nitrogens with one attached hydrogen (secondary N) is 1. The molecule has 2 aromatic rings. The molecule has 0 atom stereocenters. The molecule has 0 saturated heterocycles. The number of alkyl halides is 3. The smallest absolute Gasteiger partial charge is 0.307 e. The molecule has 0 unspecified atom stereocenters. The summed E-state index contributed by atoms with van der Waals surface area (Å²) in [5, 5.41) is 12.9. The van der Waals surface area contributed by atoms with Crippen LogP contribution in [0, 0.1) is 17.0 Å². The molecule has 0 aliphatic heterocycles. The van der Waals surface area contributed by atoms with Crippen LogP contribution in [0.3, 0.4) is 0 Å².